The van der Waals surface area contributed by atoms with Crippen LogP contribution in [0, 0.1) is 0 Å². The lowest BCUT2D eigenvalue weighted by Crippen LogP contribution is -2.41. The van der Waals surface area contributed by atoms with Gasteiger partial charge in [-0.05, 0) is 19.3 Å². The first-order valence-corrected chi connectivity index (χ1v) is 8.74. The van der Waals surface area contributed by atoms with Crippen molar-refractivity contribution in [1.82, 2.24) is 10.3 Å². The van der Waals surface area contributed by atoms with Crippen LogP contribution in [0.5, 0.6) is 0 Å². The lowest BCUT2D eigenvalue weighted by molar-refractivity contribution is 0.0923. The van der Waals surface area contributed by atoms with Crippen LogP contribution in [-0.2, 0) is 9.84 Å². The molecule has 1 saturated carbocycles. The molecule has 1 aromatic heterocycles. The van der Waals surface area contributed by atoms with Gasteiger partial charge in [0.15, 0.2) is 0 Å². The number of hydrogen-bond acceptors (Lipinski definition) is 5. The molecule has 1 heterocycles. The average molecular weight is 288 g/mol. The van der Waals surface area contributed by atoms with Crippen molar-refractivity contribution in [3.63, 3.8) is 0 Å². The van der Waals surface area contributed by atoms with Crippen LogP contribution in [-0.4, -0.2) is 36.9 Å². The molecule has 0 unspecified atom stereocenters. The van der Waals surface area contributed by atoms with E-state index >= 15 is 0 Å². The number of nitrogens with zero attached hydrogens (tertiary/aromatic N) is 1. The van der Waals surface area contributed by atoms with E-state index in [1.54, 1.807) is 10.9 Å². The van der Waals surface area contributed by atoms with E-state index in [4.69, 9.17) is 0 Å². The third-order valence-corrected chi connectivity index (χ3v) is 5.46. The summed E-state index contributed by atoms with van der Waals surface area (Å²) in [6.45, 7) is 0. The summed E-state index contributed by atoms with van der Waals surface area (Å²) in [5.74, 6) is -0.213. The molecule has 1 amide bonds. The molecule has 18 heavy (non-hydrogen) atoms. The van der Waals surface area contributed by atoms with E-state index in [-0.39, 0.29) is 17.2 Å². The topological polar surface area (TPSA) is 76.1 Å². The van der Waals surface area contributed by atoms with Crippen molar-refractivity contribution < 1.29 is 13.2 Å². The lowest BCUT2D eigenvalue weighted by atomic mass is 9.95. The van der Waals surface area contributed by atoms with E-state index in [0.717, 1.165) is 12.8 Å². The molecule has 0 spiro atoms. The standard InChI is InChI=1S/C11H16N2O3S2/c1-18(15,16)9-4-2-3-8(5-9)13-11(14)10-6-17-7-12-10/h6-9H,2-5H2,1H3,(H,13,14)/t8-,9+/m0/s1. The second-order valence-corrected chi connectivity index (χ2v) is 7.71. The van der Waals surface area contributed by atoms with Crippen molar-refractivity contribution in [2.75, 3.05) is 6.26 Å². The fourth-order valence-electron chi connectivity index (χ4n) is 2.25. The summed E-state index contributed by atoms with van der Waals surface area (Å²) in [6, 6.07) is -0.0623. The Bertz CT molecular complexity index is 510. The zero-order valence-electron chi connectivity index (χ0n) is 10.1. The zero-order chi connectivity index (χ0) is 13.2. The highest BCUT2D eigenvalue weighted by Crippen LogP contribution is 2.24. The van der Waals surface area contributed by atoms with E-state index in [9.17, 15) is 13.2 Å². The molecule has 0 aliphatic heterocycles. The molecule has 1 aliphatic rings. The summed E-state index contributed by atoms with van der Waals surface area (Å²) in [5, 5.41) is 4.22. The average Bonchev–Trinajstić information content (AvgIpc) is 2.81. The van der Waals surface area contributed by atoms with Crippen LogP contribution in [0.1, 0.15) is 36.2 Å². The summed E-state index contributed by atoms with van der Waals surface area (Å²) < 4.78 is 23.0. The predicted molar refractivity (Wildman–Crippen MR) is 70.5 cm³/mol. The lowest BCUT2D eigenvalue weighted by Gasteiger charge is -2.28. The number of carbonyl (C=O) groups excluding carboxylic acids is 1. The zero-order valence-corrected chi connectivity index (χ0v) is 11.8. The molecule has 1 aromatic rings. The summed E-state index contributed by atoms with van der Waals surface area (Å²) in [6.07, 6.45) is 4.14. The van der Waals surface area contributed by atoms with E-state index < -0.39 is 9.84 Å². The second kappa shape index (κ2) is 5.36. The van der Waals surface area contributed by atoms with Crippen LogP contribution in [0.25, 0.3) is 0 Å². The first-order valence-electron chi connectivity index (χ1n) is 5.84. The van der Waals surface area contributed by atoms with E-state index in [1.165, 1.54) is 17.6 Å². The minimum atomic E-state index is -3.01. The number of rotatable bonds is 3. The normalized spacial score (nSPS) is 24.7. The van der Waals surface area contributed by atoms with Crippen LogP contribution in [0.4, 0.5) is 0 Å². The fourth-order valence-corrected chi connectivity index (χ4v) is 3.96. The van der Waals surface area contributed by atoms with Crippen molar-refractivity contribution in [2.45, 2.75) is 37.0 Å². The molecule has 1 aliphatic carbocycles. The molecule has 7 heteroatoms. The van der Waals surface area contributed by atoms with Gasteiger partial charge in [-0.2, -0.15) is 0 Å². The predicted octanol–water partition coefficient (Wildman–Crippen LogP) is 1.23. The van der Waals surface area contributed by atoms with Gasteiger partial charge in [0.25, 0.3) is 5.91 Å². The Morgan fingerprint density at radius 2 is 2.28 bits per heavy atom. The van der Waals surface area contributed by atoms with Gasteiger partial charge in [-0.3, -0.25) is 4.79 Å². The largest absolute Gasteiger partial charge is 0.348 e. The molecule has 0 bridgehead atoms. The summed E-state index contributed by atoms with van der Waals surface area (Å²) in [5.41, 5.74) is 2.01. The maximum absolute atomic E-state index is 11.8. The van der Waals surface area contributed by atoms with Gasteiger partial charge >= 0.3 is 0 Å². The van der Waals surface area contributed by atoms with Crippen molar-refractivity contribution in [1.29, 1.82) is 0 Å². The Kier molecular flexibility index (Phi) is 4.01. The van der Waals surface area contributed by atoms with Crippen LogP contribution in [0.2, 0.25) is 0 Å². The molecule has 0 radical (unpaired) electrons. The van der Waals surface area contributed by atoms with Crippen LogP contribution >= 0.6 is 11.3 Å². The minimum absolute atomic E-state index is 0.0623. The van der Waals surface area contributed by atoms with Gasteiger partial charge in [-0.1, -0.05) is 6.42 Å². The van der Waals surface area contributed by atoms with Gasteiger partial charge in [-0.15, -0.1) is 11.3 Å². The van der Waals surface area contributed by atoms with Gasteiger partial charge < -0.3 is 5.32 Å². The number of amides is 1. The molecule has 100 valence electrons. The second-order valence-electron chi connectivity index (χ2n) is 4.66. The quantitative estimate of drug-likeness (QED) is 0.907. The SMILES string of the molecule is CS(=O)(=O)[C@@H]1CCC[C@H](NC(=O)c2cscn2)C1. The molecule has 5 nitrogen and oxygen atoms in total. The smallest absolute Gasteiger partial charge is 0.270 e. The molecule has 1 fully saturated rings. The highest BCUT2D eigenvalue weighted by atomic mass is 32.2. The van der Waals surface area contributed by atoms with Gasteiger partial charge in [0.05, 0.1) is 10.8 Å². The third-order valence-electron chi connectivity index (χ3n) is 3.23. The van der Waals surface area contributed by atoms with E-state index in [0.29, 0.717) is 18.5 Å². The number of carbonyl (C=O) groups is 1. The number of hydrogen-bond donors (Lipinski definition) is 1. The molecular formula is C11H16N2O3S2. The monoisotopic (exact) mass is 288 g/mol. The van der Waals surface area contributed by atoms with Gasteiger partial charge in [0.1, 0.15) is 15.5 Å². The van der Waals surface area contributed by atoms with Crippen LogP contribution in [0.3, 0.4) is 0 Å². The molecule has 2 rings (SSSR count). The van der Waals surface area contributed by atoms with Crippen molar-refractivity contribution in [3.05, 3.63) is 16.6 Å². The van der Waals surface area contributed by atoms with Crippen LogP contribution in [0.15, 0.2) is 10.9 Å². The number of nitrogens with one attached hydrogen (secondary N) is 1. The highest BCUT2D eigenvalue weighted by Gasteiger charge is 2.29. The number of aromatic nitrogens is 1. The van der Waals surface area contributed by atoms with Crippen LogP contribution < -0.4 is 5.32 Å². The number of sulfone groups is 1. The number of thiazole rings is 1. The Morgan fingerprint density at radius 1 is 1.50 bits per heavy atom. The molecule has 0 saturated heterocycles. The minimum Gasteiger partial charge on any atom is -0.348 e. The highest BCUT2D eigenvalue weighted by molar-refractivity contribution is 7.91. The van der Waals surface area contributed by atoms with E-state index in [2.05, 4.69) is 10.3 Å². The summed E-state index contributed by atoms with van der Waals surface area (Å²) >= 11 is 1.37. The maximum Gasteiger partial charge on any atom is 0.270 e. The Balaban J connectivity index is 1.96. The van der Waals surface area contributed by atoms with Gasteiger partial charge in [0, 0.05) is 17.7 Å². The molecular weight excluding hydrogens is 272 g/mol. The van der Waals surface area contributed by atoms with Gasteiger partial charge in [0.2, 0.25) is 0 Å². The molecule has 0 aromatic carbocycles. The molecule has 1 N–H and O–H groups in total. The Hall–Kier alpha value is -0.950. The van der Waals surface area contributed by atoms with E-state index in [1.807, 2.05) is 0 Å². The first-order chi connectivity index (χ1) is 8.47. The summed E-state index contributed by atoms with van der Waals surface area (Å²) in [4.78, 5) is 15.8. The van der Waals surface area contributed by atoms with Crippen molar-refractivity contribution in [3.8, 4) is 0 Å². The van der Waals surface area contributed by atoms with Crippen molar-refractivity contribution >= 4 is 27.1 Å². The fraction of sp³-hybridized carbons (Fsp3) is 0.636. The molecule has 2 atom stereocenters. The summed E-state index contributed by atoms with van der Waals surface area (Å²) in [7, 11) is -3.01. The van der Waals surface area contributed by atoms with Crippen molar-refractivity contribution in [2.24, 2.45) is 0 Å². The maximum atomic E-state index is 11.8. The Morgan fingerprint density at radius 3 is 2.89 bits per heavy atom. The van der Waals surface area contributed by atoms with Gasteiger partial charge in [-0.25, -0.2) is 13.4 Å². The Labute approximate surface area is 111 Å². The first kappa shape index (κ1) is 13.5. The third kappa shape index (κ3) is 3.29.